The van der Waals surface area contributed by atoms with E-state index in [9.17, 15) is 9.59 Å². The van der Waals surface area contributed by atoms with Crippen molar-refractivity contribution < 1.29 is 19.1 Å². The first kappa shape index (κ1) is 17.5. The van der Waals surface area contributed by atoms with Gasteiger partial charge in [-0.3, -0.25) is 0 Å². The maximum atomic E-state index is 11.8. The number of carbonyl (C=O) groups is 2. The van der Waals surface area contributed by atoms with Gasteiger partial charge in [0.15, 0.2) is 0 Å². The Bertz CT molecular complexity index is 561. The molecule has 5 nitrogen and oxygen atoms in total. The van der Waals surface area contributed by atoms with Crippen molar-refractivity contribution in [1.82, 2.24) is 5.32 Å². The van der Waals surface area contributed by atoms with Crippen LogP contribution in [0.2, 0.25) is 0 Å². The molecule has 0 aliphatic heterocycles. The van der Waals surface area contributed by atoms with Gasteiger partial charge in [-0.1, -0.05) is 30.3 Å². The third kappa shape index (κ3) is 5.83. The average molecular weight is 303 g/mol. The van der Waals surface area contributed by atoms with E-state index in [4.69, 9.17) is 4.74 Å². The lowest BCUT2D eigenvalue weighted by molar-refractivity contribution is -0.135. The molecule has 0 saturated heterocycles. The topological polar surface area (TPSA) is 64.6 Å². The van der Waals surface area contributed by atoms with E-state index in [2.05, 4.69) is 10.1 Å². The number of esters is 2. The van der Waals surface area contributed by atoms with Crippen molar-refractivity contribution >= 4 is 11.9 Å². The number of carbonyl (C=O) groups excluding carboxylic acids is 2. The molecule has 0 amide bonds. The first-order chi connectivity index (χ1) is 10.6. The zero-order valence-electron chi connectivity index (χ0n) is 13.1. The van der Waals surface area contributed by atoms with Crippen molar-refractivity contribution in [2.45, 2.75) is 13.3 Å². The normalized spacial score (nSPS) is 11.8. The zero-order valence-corrected chi connectivity index (χ0v) is 13.1. The molecule has 0 aliphatic carbocycles. The van der Waals surface area contributed by atoms with Crippen molar-refractivity contribution in [1.29, 1.82) is 0 Å². The van der Waals surface area contributed by atoms with E-state index >= 15 is 0 Å². The second kappa shape index (κ2) is 9.39. The second-order valence-corrected chi connectivity index (χ2v) is 4.55. The summed E-state index contributed by atoms with van der Waals surface area (Å²) in [7, 11) is 2.57. The lowest BCUT2D eigenvalue weighted by atomic mass is 10.1. The molecule has 0 fully saturated rings. The number of nitrogens with one attached hydrogen (secondary N) is 1. The molecule has 1 rings (SSSR count). The van der Waals surface area contributed by atoms with Crippen LogP contribution in [0.15, 0.2) is 53.8 Å². The highest BCUT2D eigenvalue weighted by Gasteiger charge is 2.11. The van der Waals surface area contributed by atoms with E-state index in [-0.39, 0.29) is 0 Å². The molecule has 5 heteroatoms. The van der Waals surface area contributed by atoms with Crippen molar-refractivity contribution in [3.63, 3.8) is 0 Å². The molecule has 1 aromatic carbocycles. The molecule has 0 aliphatic rings. The number of benzene rings is 1. The number of ether oxygens (including phenoxy) is 2. The monoisotopic (exact) mass is 303 g/mol. The van der Waals surface area contributed by atoms with Crippen LogP contribution >= 0.6 is 0 Å². The lowest BCUT2D eigenvalue weighted by Crippen LogP contribution is -2.19. The van der Waals surface area contributed by atoms with Gasteiger partial charge in [0.05, 0.1) is 19.8 Å². The molecule has 0 saturated carbocycles. The summed E-state index contributed by atoms with van der Waals surface area (Å²) in [6, 6.07) is 10.0. The summed E-state index contributed by atoms with van der Waals surface area (Å²) in [5, 5.41) is 3.16. The molecule has 0 unspecified atom stereocenters. The molecule has 22 heavy (non-hydrogen) atoms. The SMILES string of the molecule is COC(=O)/C=C/C(C(=O)OC)=C(/C)NCCc1ccccc1. The number of rotatable bonds is 7. The van der Waals surface area contributed by atoms with Crippen molar-refractivity contribution in [2.75, 3.05) is 20.8 Å². The Kier molecular flexibility index (Phi) is 7.47. The van der Waals surface area contributed by atoms with Crippen molar-refractivity contribution in [3.05, 3.63) is 59.3 Å². The smallest absolute Gasteiger partial charge is 0.339 e. The van der Waals surface area contributed by atoms with E-state index in [0.717, 1.165) is 6.42 Å². The van der Waals surface area contributed by atoms with E-state index in [1.165, 1.54) is 31.9 Å². The van der Waals surface area contributed by atoms with Crippen LogP contribution in [0.1, 0.15) is 12.5 Å². The van der Waals surface area contributed by atoms with Gasteiger partial charge in [0.25, 0.3) is 0 Å². The predicted octanol–water partition coefficient (Wildman–Crippen LogP) is 1.99. The molecule has 0 atom stereocenters. The van der Waals surface area contributed by atoms with Gasteiger partial charge in [-0.05, 0) is 25.0 Å². The zero-order chi connectivity index (χ0) is 16.4. The minimum Gasteiger partial charge on any atom is -0.466 e. The number of hydrogen-bond acceptors (Lipinski definition) is 5. The van der Waals surface area contributed by atoms with Gasteiger partial charge in [-0.2, -0.15) is 0 Å². The van der Waals surface area contributed by atoms with Crippen LogP contribution in [-0.2, 0) is 25.5 Å². The van der Waals surface area contributed by atoms with Crippen LogP contribution in [-0.4, -0.2) is 32.7 Å². The predicted molar refractivity (Wildman–Crippen MR) is 84.0 cm³/mol. The summed E-state index contributed by atoms with van der Waals surface area (Å²) in [5.74, 6) is -1.04. The van der Waals surface area contributed by atoms with Crippen LogP contribution in [0.4, 0.5) is 0 Å². The summed E-state index contributed by atoms with van der Waals surface area (Å²) < 4.78 is 9.24. The molecule has 0 bridgehead atoms. The Morgan fingerprint density at radius 2 is 1.77 bits per heavy atom. The van der Waals surface area contributed by atoms with Crippen molar-refractivity contribution in [3.8, 4) is 0 Å². The summed E-state index contributed by atoms with van der Waals surface area (Å²) in [5.41, 5.74) is 2.14. The third-order valence-corrected chi connectivity index (χ3v) is 3.04. The highest BCUT2D eigenvalue weighted by atomic mass is 16.5. The third-order valence-electron chi connectivity index (χ3n) is 3.04. The largest absolute Gasteiger partial charge is 0.466 e. The number of hydrogen-bond donors (Lipinski definition) is 1. The molecular formula is C17H21NO4. The highest BCUT2D eigenvalue weighted by Crippen LogP contribution is 2.07. The number of allylic oxidation sites excluding steroid dienone is 1. The highest BCUT2D eigenvalue weighted by molar-refractivity contribution is 5.94. The van der Waals surface area contributed by atoms with E-state index in [1.54, 1.807) is 6.92 Å². The Hall–Kier alpha value is -2.56. The second-order valence-electron chi connectivity index (χ2n) is 4.55. The molecule has 1 aromatic rings. The average Bonchev–Trinajstić information content (AvgIpc) is 2.55. The summed E-state index contributed by atoms with van der Waals surface area (Å²) in [6.45, 7) is 2.43. The van der Waals surface area contributed by atoms with Gasteiger partial charge in [-0.15, -0.1) is 0 Å². The fourth-order valence-electron chi connectivity index (χ4n) is 1.81. The Balaban J connectivity index is 2.72. The van der Waals surface area contributed by atoms with Crippen LogP contribution < -0.4 is 5.32 Å². The molecule has 0 spiro atoms. The Labute approximate surface area is 130 Å². The fourth-order valence-corrected chi connectivity index (χ4v) is 1.81. The quantitative estimate of drug-likeness (QED) is 0.474. The van der Waals surface area contributed by atoms with Gasteiger partial charge in [0.1, 0.15) is 0 Å². The molecule has 0 heterocycles. The Morgan fingerprint density at radius 1 is 1.09 bits per heavy atom. The minimum absolute atomic E-state index is 0.293. The molecular weight excluding hydrogens is 282 g/mol. The number of methoxy groups -OCH3 is 2. The molecule has 1 N–H and O–H groups in total. The lowest BCUT2D eigenvalue weighted by Gasteiger charge is -2.10. The van der Waals surface area contributed by atoms with Crippen LogP contribution in [0.25, 0.3) is 0 Å². The maximum Gasteiger partial charge on any atom is 0.339 e. The first-order valence-electron chi connectivity index (χ1n) is 6.91. The molecule has 0 aromatic heterocycles. The van der Waals surface area contributed by atoms with Gasteiger partial charge >= 0.3 is 11.9 Å². The van der Waals surface area contributed by atoms with Crippen LogP contribution in [0.3, 0.4) is 0 Å². The van der Waals surface area contributed by atoms with E-state index in [0.29, 0.717) is 17.8 Å². The van der Waals surface area contributed by atoms with Crippen LogP contribution in [0, 0.1) is 0 Å². The molecule has 0 radical (unpaired) electrons. The van der Waals surface area contributed by atoms with Gasteiger partial charge in [-0.25, -0.2) is 9.59 Å². The Morgan fingerprint density at radius 3 is 2.36 bits per heavy atom. The minimum atomic E-state index is -0.529. The van der Waals surface area contributed by atoms with E-state index < -0.39 is 11.9 Å². The van der Waals surface area contributed by atoms with E-state index in [1.807, 2.05) is 30.3 Å². The summed E-state index contributed by atoms with van der Waals surface area (Å²) in [4.78, 5) is 22.9. The summed E-state index contributed by atoms with van der Waals surface area (Å²) >= 11 is 0. The van der Waals surface area contributed by atoms with Crippen LogP contribution in [0.5, 0.6) is 0 Å². The standard InChI is InChI=1S/C17H21NO4/c1-13(18-12-11-14-7-5-4-6-8-14)15(17(20)22-3)9-10-16(19)21-2/h4-10,18H,11-12H2,1-3H3/b10-9+,15-13+. The van der Waals surface area contributed by atoms with Gasteiger partial charge in [0, 0.05) is 18.3 Å². The van der Waals surface area contributed by atoms with Crippen molar-refractivity contribution in [2.24, 2.45) is 0 Å². The van der Waals surface area contributed by atoms with Gasteiger partial charge < -0.3 is 14.8 Å². The first-order valence-corrected chi connectivity index (χ1v) is 6.91. The molecule has 118 valence electrons. The summed E-state index contributed by atoms with van der Waals surface area (Å²) in [6.07, 6.45) is 3.41. The fraction of sp³-hybridized carbons (Fsp3) is 0.294. The van der Waals surface area contributed by atoms with Gasteiger partial charge in [0.2, 0.25) is 0 Å². The maximum absolute atomic E-state index is 11.8.